The lowest BCUT2D eigenvalue weighted by molar-refractivity contribution is 0.0779. The van der Waals surface area contributed by atoms with Crippen molar-refractivity contribution in [2.45, 2.75) is 25.3 Å². The molecule has 0 atom stereocenters. The molecule has 0 unspecified atom stereocenters. The summed E-state index contributed by atoms with van der Waals surface area (Å²) in [7, 11) is 1.79. The molecule has 98 valence electrons. The Morgan fingerprint density at radius 3 is 2.84 bits per heavy atom. The van der Waals surface area contributed by atoms with Crippen LogP contribution in [0.4, 0.5) is 0 Å². The van der Waals surface area contributed by atoms with Gasteiger partial charge in [-0.25, -0.2) is 0 Å². The number of rotatable bonds is 4. The third kappa shape index (κ3) is 2.65. The normalized spacial score (nSPS) is 14.4. The van der Waals surface area contributed by atoms with Crippen LogP contribution in [0.3, 0.4) is 0 Å². The van der Waals surface area contributed by atoms with Crippen LogP contribution >= 0.6 is 0 Å². The monoisotopic (exact) mass is 256 g/mol. The van der Waals surface area contributed by atoms with Crippen LogP contribution in [0.2, 0.25) is 0 Å². The summed E-state index contributed by atoms with van der Waals surface area (Å²) in [6, 6.07) is 5.69. The van der Waals surface area contributed by atoms with E-state index in [1.807, 2.05) is 18.2 Å². The Bertz CT molecular complexity index is 574. The molecule has 0 bridgehead atoms. The number of nitrogens with one attached hydrogen (secondary N) is 1. The standard InChI is InChI=1S/C14H16N4O/c1-18(9-10-4-6-15-7-5-10)14(19)13-8-12(16-17-13)11-2-3-11/h4-8,11H,2-3,9H2,1H3,(H,16,17). The van der Waals surface area contributed by atoms with Gasteiger partial charge in [0.25, 0.3) is 5.91 Å². The second-order valence-electron chi connectivity index (χ2n) is 5.00. The number of hydrogen-bond acceptors (Lipinski definition) is 3. The van der Waals surface area contributed by atoms with E-state index in [2.05, 4.69) is 15.2 Å². The second kappa shape index (κ2) is 4.84. The Labute approximate surface area is 111 Å². The quantitative estimate of drug-likeness (QED) is 0.909. The Morgan fingerprint density at radius 2 is 2.16 bits per heavy atom. The smallest absolute Gasteiger partial charge is 0.274 e. The van der Waals surface area contributed by atoms with Gasteiger partial charge in [-0.05, 0) is 36.6 Å². The number of carbonyl (C=O) groups excluding carboxylic acids is 1. The molecule has 0 aromatic carbocycles. The first-order valence-electron chi connectivity index (χ1n) is 6.43. The van der Waals surface area contributed by atoms with Gasteiger partial charge in [0.05, 0.1) is 0 Å². The Balaban J connectivity index is 1.68. The van der Waals surface area contributed by atoms with E-state index in [1.165, 1.54) is 12.8 Å². The molecule has 2 aromatic rings. The summed E-state index contributed by atoms with van der Waals surface area (Å²) in [5, 5.41) is 7.07. The van der Waals surface area contributed by atoms with Gasteiger partial charge < -0.3 is 4.90 Å². The molecular weight excluding hydrogens is 240 g/mol. The molecule has 1 fully saturated rings. The van der Waals surface area contributed by atoms with Crippen molar-refractivity contribution in [3.8, 4) is 0 Å². The number of H-pyrrole nitrogens is 1. The highest BCUT2D eigenvalue weighted by Crippen LogP contribution is 2.39. The van der Waals surface area contributed by atoms with Crippen molar-refractivity contribution in [3.05, 3.63) is 47.5 Å². The largest absolute Gasteiger partial charge is 0.336 e. The molecule has 0 aliphatic heterocycles. The van der Waals surface area contributed by atoms with Crippen molar-refractivity contribution in [1.82, 2.24) is 20.1 Å². The minimum Gasteiger partial charge on any atom is -0.336 e. The van der Waals surface area contributed by atoms with Crippen molar-refractivity contribution < 1.29 is 4.79 Å². The molecule has 1 amide bonds. The highest BCUT2D eigenvalue weighted by Gasteiger charge is 2.27. The summed E-state index contributed by atoms with van der Waals surface area (Å²) in [6.07, 6.45) is 5.85. The van der Waals surface area contributed by atoms with Gasteiger partial charge in [0.15, 0.2) is 0 Å². The van der Waals surface area contributed by atoms with Crippen LogP contribution in [0.1, 0.15) is 40.5 Å². The molecular formula is C14H16N4O. The number of aromatic amines is 1. The number of carbonyl (C=O) groups is 1. The van der Waals surface area contributed by atoms with E-state index < -0.39 is 0 Å². The highest BCUT2D eigenvalue weighted by atomic mass is 16.2. The van der Waals surface area contributed by atoms with Gasteiger partial charge in [0.1, 0.15) is 5.69 Å². The molecule has 1 saturated carbocycles. The molecule has 5 heteroatoms. The van der Waals surface area contributed by atoms with Crippen LogP contribution < -0.4 is 0 Å². The first-order valence-corrected chi connectivity index (χ1v) is 6.43. The maximum atomic E-state index is 12.2. The summed E-state index contributed by atoms with van der Waals surface area (Å²) < 4.78 is 0. The fourth-order valence-corrected chi connectivity index (χ4v) is 2.08. The lowest BCUT2D eigenvalue weighted by Gasteiger charge is -2.15. The predicted molar refractivity (Wildman–Crippen MR) is 70.6 cm³/mol. The molecule has 5 nitrogen and oxygen atoms in total. The third-order valence-electron chi connectivity index (χ3n) is 3.35. The van der Waals surface area contributed by atoms with Gasteiger partial charge >= 0.3 is 0 Å². The summed E-state index contributed by atoms with van der Waals surface area (Å²) in [5.41, 5.74) is 2.64. The Hall–Kier alpha value is -2.17. The van der Waals surface area contributed by atoms with Crippen molar-refractivity contribution in [3.63, 3.8) is 0 Å². The van der Waals surface area contributed by atoms with Crippen LogP contribution in [-0.4, -0.2) is 33.0 Å². The predicted octanol–water partition coefficient (Wildman–Crippen LogP) is 1.95. The fraction of sp³-hybridized carbons (Fsp3) is 0.357. The van der Waals surface area contributed by atoms with E-state index >= 15 is 0 Å². The van der Waals surface area contributed by atoms with E-state index in [9.17, 15) is 4.79 Å². The number of amides is 1. The maximum Gasteiger partial charge on any atom is 0.274 e. The number of nitrogens with zero attached hydrogens (tertiary/aromatic N) is 3. The number of hydrogen-bond donors (Lipinski definition) is 1. The molecule has 1 N–H and O–H groups in total. The summed E-state index contributed by atoms with van der Waals surface area (Å²) >= 11 is 0. The number of pyridine rings is 1. The van der Waals surface area contributed by atoms with Crippen LogP contribution in [0.15, 0.2) is 30.6 Å². The molecule has 3 rings (SSSR count). The molecule has 0 saturated heterocycles. The van der Waals surface area contributed by atoms with Gasteiger partial charge in [-0.3, -0.25) is 14.9 Å². The van der Waals surface area contributed by atoms with Crippen LogP contribution in [0.5, 0.6) is 0 Å². The highest BCUT2D eigenvalue weighted by molar-refractivity contribution is 5.92. The topological polar surface area (TPSA) is 61.9 Å². The Kier molecular flexibility index (Phi) is 3.03. The lowest BCUT2D eigenvalue weighted by atomic mass is 10.2. The average molecular weight is 256 g/mol. The van der Waals surface area contributed by atoms with E-state index in [4.69, 9.17) is 0 Å². The van der Waals surface area contributed by atoms with Crippen molar-refractivity contribution in [2.24, 2.45) is 0 Å². The van der Waals surface area contributed by atoms with Crippen molar-refractivity contribution in [1.29, 1.82) is 0 Å². The molecule has 0 radical (unpaired) electrons. The zero-order valence-electron chi connectivity index (χ0n) is 10.8. The summed E-state index contributed by atoms with van der Waals surface area (Å²) in [5.74, 6) is 0.527. The van der Waals surface area contributed by atoms with E-state index in [-0.39, 0.29) is 5.91 Å². The minimum absolute atomic E-state index is 0.0556. The van der Waals surface area contributed by atoms with Gasteiger partial charge in [-0.2, -0.15) is 5.10 Å². The van der Waals surface area contributed by atoms with E-state index in [0.717, 1.165) is 11.3 Å². The summed E-state index contributed by atoms with van der Waals surface area (Å²) in [6.45, 7) is 0.562. The van der Waals surface area contributed by atoms with Gasteiger partial charge in [-0.15, -0.1) is 0 Å². The second-order valence-corrected chi connectivity index (χ2v) is 5.00. The Morgan fingerprint density at radius 1 is 1.42 bits per heavy atom. The minimum atomic E-state index is -0.0556. The average Bonchev–Trinajstić information content (AvgIpc) is 3.17. The van der Waals surface area contributed by atoms with Crippen LogP contribution in [0.25, 0.3) is 0 Å². The molecule has 19 heavy (non-hydrogen) atoms. The third-order valence-corrected chi connectivity index (χ3v) is 3.35. The zero-order valence-corrected chi connectivity index (χ0v) is 10.8. The molecule has 2 aromatic heterocycles. The molecule has 1 aliphatic rings. The van der Waals surface area contributed by atoms with E-state index in [0.29, 0.717) is 18.2 Å². The summed E-state index contributed by atoms with van der Waals surface area (Å²) in [4.78, 5) is 17.9. The molecule has 2 heterocycles. The van der Waals surface area contributed by atoms with E-state index in [1.54, 1.807) is 24.3 Å². The zero-order chi connectivity index (χ0) is 13.2. The van der Waals surface area contributed by atoms with Gasteiger partial charge in [0, 0.05) is 37.6 Å². The first-order chi connectivity index (χ1) is 9.24. The van der Waals surface area contributed by atoms with Gasteiger partial charge in [0.2, 0.25) is 0 Å². The van der Waals surface area contributed by atoms with Crippen molar-refractivity contribution in [2.75, 3.05) is 7.05 Å². The lowest BCUT2D eigenvalue weighted by Crippen LogP contribution is -2.26. The van der Waals surface area contributed by atoms with Gasteiger partial charge in [-0.1, -0.05) is 0 Å². The van der Waals surface area contributed by atoms with Crippen LogP contribution in [-0.2, 0) is 6.54 Å². The van der Waals surface area contributed by atoms with Crippen LogP contribution in [0, 0.1) is 0 Å². The first kappa shape index (κ1) is 11.9. The fourth-order valence-electron chi connectivity index (χ4n) is 2.08. The maximum absolute atomic E-state index is 12.2. The molecule has 0 spiro atoms. The SMILES string of the molecule is CN(Cc1ccncc1)C(=O)c1cc(C2CC2)[nH]n1. The number of aromatic nitrogens is 3. The van der Waals surface area contributed by atoms with Crippen molar-refractivity contribution >= 4 is 5.91 Å². The molecule has 1 aliphatic carbocycles.